The van der Waals surface area contributed by atoms with Crippen LogP contribution in [0, 0.1) is 5.92 Å². The first-order chi connectivity index (χ1) is 14.2. The van der Waals surface area contributed by atoms with E-state index in [1.165, 1.54) is 32.0 Å². The summed E-state index contributed by atoms with van der Waals surface area (Å²) in [6, 6.07) is 9.80. The second-order valence-corrected chi connectivity index (χ2v) is 7.89. The van der Waals surface area contributed by atoms with Crippen molar-refractivity contribution in [3.63, 3.8) is 0 Å². The third kappa shape index (κ3) is 3.53. The Labute approximate surface area is 168 Å². The van der Waals surface area contributed by atoms with E-state index in [4.69, 9.17) is 10.7 Å². The van der Waals surface area contributed by atoms with Gasteiger partial charge in [-0.25, -0.2) is 19.2 Å². The zero-order valence-corrected chi connectivity index (χ0v) is 16.4. The predicted octanol–water partition coefficient (Wildman–Crippen LogP) is 3.93. The number of hydrogen-bond donors (Lipinski definition) is 2. The van der Waals surface area contributed by atoms with Crippen LogP contribution < -0.4 is 11.1 Å². The number of anilines is 3. The van der Waals surface area contributed by atoms with Gasteiger partial charge in [-0.2, -0.15) is 5.10 Å². The molecule has 0 unspecified atom stereocenters. The van der Waals surface area contributed by atoms with Crippen LogP contribution in [0.5, 0.6) is 0 Å². The fraction of sp³-hybridized carbons (Fsp3) is 0.333. The van der Waals surface area contributed by atoms with Crippen molar-refractivity contribution in [1.29, 1.82) is 0 Å². The number of imidazole rings is 1. The molecule has 8 heteroatoms. The van der Waals surface area contributed by atoms with Crippen molar-refractivity contribution in [2.24, 2.45) is 5.92 Å². The molecule has 0 atom stereocenters. The Morgan fingerprint density at radius 2 is 1.90 bits per heavy atom. The van der Waals surface area contributed by atoms with Gasteiger partial charge in [0, 0.05) is 17.7 Å². The van der Waals surface area contributed by atoms with Crippen LogP contribution in [0.3, 0.4) is 0 Å². The van der Waals surface area contributed by atoms with Gasteiger partial charge in [0.25, 0.3) is 0 Å². The molecule has 1 aliphatic rings. The minimum atomic E-state index is 0.459. The molecule has 148 valence electrons. The summed E-state index contributed by atoms with van der Waals surface area (Å²) in [5.41, 5.74) is 10.7. The van der Waals surface area contributed by atoms with Crippen LogP contribution in [0.4, 0.5) is 17.2 Å². The van der Waals surface area contributed by atoms with Crippen LogP contribution >= 0.6 is 0 Å². The van der Waals surface area contributed by atoms with Crippen molar-refractivity contribution in [1.82, 2.24) is 29.4 Å². The molecule has 1 aliphatic carbocycles. The molecule has 1 fully saturated rings. The van der Waals surface area contributed by atoms with Gasteiger partial charge in [0.1, 0.15) is 18.5 Å². The lowest BCUT2D eigenvalue weighted by atomic mass is 9.82. The molecule has 1 aromatic carbocycles. The van der Waals surface area contributed by atoms with E-state index < -0.39 is 0 Å². The molecule has 29 heavy (non-hydrogen) atoms. The van der Waals surface area contributed by atoms with Gasteiger partial charge in [-0.05, 0) is 43.0 Å². The van der Waals surface area contributed by atoms with Gasteiger partial charge in [0.2, 0.25) is 0 Å². The zero-order chi connectivity index (χ0) is 19.8. The number of rotatable bonds is 4. The van der Waals surface area contributed by atoms with E-state index in [0.717, 1.165) is 34.3 Å². The molecule has 3 N–H and O–H groups in total. The highest BCUT2D eigenvalue weighted by Gasteiger charge is 2.23. The van der Waals surface area contributed by atoms with Gasteiger partial charge in [-0.3, -0.25) is 0 Å². The number of aromatic nitrogens is 6. The normalized spacial score (nSPS) is 19.5. The van der Waals surface area contributed by atoms with Crippen LogP contribution in [0.25, 0.3) is 11.3 Å². The number of benzene rings is 1. The first-order valence-corrected chi connectivity index (χ1v) is 10.0. The molecule has 3 aromatic heterocycles. The monoisotopic (exact) mass is 388 g/mol. The first-order valence-electron chi connectivity index (χ1n) is 10.0. The van der Waals surface area contributed by atoms with Gasteiger partial charge >= 0.3 is 0 Å². The molecular weight excluding hydrogens is 364 g/mol. The van der Waals surface area contributed by atoms with Crippen LogP contribution in [-0.2, 0) is 0 Å². The maximum Gasteiger partial charge on any atom is 0.177 e. The molecule has 0 bridgehead atoms. The Hall–Kier alpha value is -3.42. The Kier molecular flexibility index (Phi) is 4.38. The molecule has 0 amide bonds. The topological polar surface area (TPSA) is 99.0 Å². The number of fused-ring (bicyclic) bond motifs is 1. The summed E-state index contributed by atoms with van der Waals surface area (Å²) < 4.78 is 3.52. The summed E-state index contributed by atoms with van der Waals surface area (Å²) in [4.78, 5) is 8.90. The molecule has 5 rings (SSSR count). The lowest BCUT2D eigenvalue weighted by Gasteiger charge is -2.24. The van der Waals surface area contributed by atoms with E-state index in [1.54, 1.807) is 15.5 Å². The second-order valence-electron chi connectivity index (χ2n) is 7.89. The highest BCUT2D eigenvalue weighted by molar-refractivity contribution is 5.76. The fourth-order valence-corrected chi connectivity index (χ4v) is 4.05. The maximum atomic E-state index is 6.05. The van der Waals surface area contributed by atoms with E-state index in [0.29, 0.717) is 11.7 Å². The quantitative estimate of drug-likeness (QED) is 0.550. The Morgan fingerprint density at radius 1 is 1.10 bits per heavy atom. The average molecular weight is 388 g/mol. The van der Waals surface area contributed by atoms with Gasteiger partial charge in [0.05, 0.1) is 23.3 Å². The molecule has 4 aromatic rings. The molecule has 0 aliphatic heterocycles. The molecule has 0 radical (unpaired) electrons. The first kappa shape index (κ1) is 17.7. The molecule has 0 spiro atoms. The smallest absolute Gasteiger partial charge is 0.177 e. The minimum absolute atomic E-state index is 0.459. The van der Waals surface area contributed by atoms with Gasteiger partial charge < -0.3 is 11.1 Å². The number of nitrogens with one attached hydrogen (secondary N) is 1. The number of nitrogens with two attached hydrogens (primary N) is 1. The van der Waals surface area contributed by atoms with Crippen molar-refractivity contribution in [2.75, 3.05) is 11.1 Å². The fourth-order valence-electron chi connectivity index (χ4n) is 4.05. The number of nitrogen functional groups attached to an aromatic ring is 1. The molecule has 8 nitrogen and oxygen atoms in total. The summed E-state index contributed by atoms with van der Waals surface area (Å²) in [7, 11) is 0. The lowest BCUT2D eigenvalue weighted by Crippen LogP contribution is -2.10. The Morgan fingerprint density at radius 3 is 2.62 bits per heavy atom. The van der Waals surface area contributed by atoms with Crippen molar-refractivity contribution >= 4 is 22.8 Å². The van der Waals surface area contributed by atoms with Gasteiger partial charge in [0.15, 0.2) is 5.65 Å². The number of hydrogen-bond acceptors (Lipinski definition) is 6. The van der Waals surface area contributed by atoms with Crippen LogP contribution in [0.2, 0.25) is 0 Å². The largest absolute Gasteiger partial charge is 0.382 e. The Balaban J connectivity index is 1.43. The van der Waals surface area contributed by atoms with E-state index in [-0.39, 0.29) is 0 Å². The zero-order valence-electron chi connectivity index (χ0n) is 16.4. The van der Waals surface area contributed by atoms with E-state index in [9.17, 15) is 0 Å². The van der Waals surface area contributed by atoms with Crippen molar-refractivity contribution in [2.45, 2.75) is 38.5 Å². The van der Waals surface area contributed by atoms with Crippen molar-refractivity contribution in [3.8, 4) is 5.69 Å². The molecule has 0 saturated heterocycles. The van der Waals surface area contributed by atoms with Crippen molar-refractivity contribution in [3.05, 3.63) is 54.9 Å². The van der Waals surface area contributed by atoms with Crippen LogP contribution in [0.15, 0.2) is 49.2 Å². The summed E-state index contributed by atoms with van der Waals surface area (Å²) in [6.07, 6.45) is 10.1. The third-order valence-electron chi connectivity index (χ3n) is 5.73. The summed E-state index contributed by atoms with van der Waals surface area (Å²) >= 11 is 0. The second kappa shape index (κ2) is 7.20. The van der Waals surface area contributed by atoms with E-state index in [1.807, 2.05) is 36.5 Å². The standard InChI is InChI=1S/C21H24N8/c1-14-2-4-15(5-3-14)19-11-28-21(26-19)18(10-20(22)27-28)25-16-6-8-17(9-7-16)29-13-23-12-24-29/h6-15,25H,2-5H2,1H3,(H2,22,27). The third-order valence-corrected chi connectivity index (χ3v) is 5.73. The summed E-state index contributed by atoms with van der Waals surface area (Å²) in [5, 5.41) is 12.0. The van der Waals surface area contributed by atoms with E-state index in [2.05, 4.69) is 27.4 Å². The van der Waals surface area contributed by atoms with Crippen LogP contribution in [0.1, 0.15) is 44.2 Å². The van der Waals surface area contributed by atoms with E-state index >= 15 is 0 Å². The highest BCUT2D eigenvalue weighted by atomic mass is 15.3. The summed E-state index contributed by atoms with van der Waals surface area (Å²) in [6.45, 7) is 2.33. The summed E-state index contributed by atoms with van der Waals surface area (Å²) in [5.74, 6) is 1.78. The lowest BCUT2D eigenvalue weighted by molar-refractivity contribution is 0.344. The predicted molar refractivity (Wildman–Crippen MR) is 112 cm³/mol. The minimum Gasteiger partial charge on any atom is -0.382 e. The molecular formula is C21H24N8. The van der Waals surface area contributed by atoms with Crippen LogP contribution in [-0.4, -0.2) is 29.4 Å². The number of nitrogens with zero attached hydrogens (tertiary/aromatic N) is 6. The highest BCUT2D eigenvalue weighted by Crippen LogP contribution is 2.36. The maximum absolute atomic E-state index is 6.05. The average Bonchev–Trinajstić information content (AvgIpc) is 3.39. The Bertz CT molecular complexity index is 1110. The van der Waals surface area contributed by atoms with Crippen molar-refractivity contribution < 1.29 is 0 Å². The van der Waals surface area contributed by atoms with Gasteiger partial charge in [-0.15, -0.1) is 5.10 Å². The SMILES string of the molecule is CC1CCC(c2cn3nc(N)cc(Nc4ccc(-n5cncn5)cc4)c3n2)CC1. The van der Waals surface area contributed by atoms with Gasteiger partial charge in [-0.1, -0.05) is 19.8 Å². The molecule has 1 saturated carbocycles. The molecule has 3 heterocycles.